The topological polar surface area (TPSA) is 0 Å². The molecule has 0 N–H and O–H groups in total. The van der Waals surface area contributed by atoms with E-state index in [1.54, 1.807) is 12.1 Å². The number of halogens is 2. The molecule has 2 aliphatic rings. The van der Waals surface area contributed by atoms with Crippen molar-refractivity contribution in [3.05, 3.63) is 116 Å². The van der Waals surface area contributed by atoms with E-state index in [0.717, 1.165) is 19.3 Å². The summed E-state index contributed by atoms with van der Waals surface area (Å²) in [6, 6.07) is 22.0. The molecule has 0 aliphatic heterocycles. The number of allylic oxidation sites excluding steroid dienone is 8. The Kier molecular flexibility index (Phi) is 9.09. The van der Waals surface area contributed by atoms with Crippen molar-refractivity contribution in [3.63, 3.8) is 0 Å². The predicted molar refractivity (Wildman–Crippen MR) is 122 cm³/mol. The van der Waals surface area contributed by atoms with Gasteiger partial charge in [-0.2, -0.15) is 0 Å². The van der Waals surface area contributed by atoms with Crippen molar-refractivity contribution in [1.29, 1.82) is 0 Å². The summed E-state index contributed by atoms with van der Waals surface area (Å²) in [5, 5.41) is 0. The molecule has 0 heterocycles. The normalized spacial score (nSPS) is 14.6. The molecule has 0 fully saturated rings. The van der Waals surface area contributed by atoms with Crippen molar-refractivity contribution in [2.24, 2.45) is 0 Å². The van der Waals surface area contributed by atoms with Crippen LogP contribution in [0.25, 0.3) is 0 Å². The van der Waals surface area contributed by atoms with Gasteiger partial charge in [-0.1, -0.05) is 0 Å². The summed E-state index contributed by atoms with van der Waals surface area (Å²) in [5.74, 6) is 0. The third kappa shape index (κ3) is 5.01. The number of rotatable bonds is 5. The molecule has 2 aromatic rings. The van der Waals surface area contributed by atoms with E-state index >= 15 is 0 Å². The van der Waals surface area contributed by atoms with Crippen LogP contribution >= 0.6 is 24.8 Å². The van der Waals surface area contributed by atoms with Gasteiger partial charge in [0, 0.05) is 0 Å². The molecule has 0 nitrogen and oxygen atoms in total. The van der Waals surface area contributed by atoms with Crippen molar-refractivity contribution in [2.45, 2.75) is 26.2 Å². The molecule has 0 bridgehead atoms. The maximum Gasteiger partial charge on any atom is -0.147 e. The molecule has 0 saturated carbocycles. The van der Waals surface area contributed by atoms with E-state index in [-0.39, 0.29) is 24.8 Å². The van der Waals surface area contributed by atoms with Gasteiger partial charge in [-0.25, -0.2) is 0 Å². The maximum absolute atomic E-state index is 2.49. The Morgan fingerprint density at radius 1 is 0.857 bits per heavy atom. The van der Waals surface area contributed by atoms with Crippen molar-refractivity contribution in [2.75, 3.05) is 0 Å². The van der Waals surface area contributed by atoms with Crippen LogP contribution in [0.2, 0.25) is 0 Å². The van der Waals surface area contributed by atoms with E-state index in [2.05, 4.69) is 91.9 Å². The summed E-state index contributed by atoms with van der Waals surface area (Å²) >= 11 is -0.861. The second-order valence-corrected chi connectivity index (χ2v) is 10.0. The van der Waals surface area contributed by atoms with Gasteiger partial charge in [0.2, 0.25) is 0 Å². The molecular weight excluding hydrogens is 462 g/mol. The van der Waals surface area contributed by atoms with Gasteiger partial charge in [0.15, 0.2) is 0 Å². The van der Waals surface area contributed by atoms with Crippen LogP contribution < -0.4 is 0 Å². The SMILES string of the molecule is CCC1=[C]([Zr]=[C](c2ccccc2)c2ccccc2)CC=C1C1=CC=CC1.Cl.Cl. The largest absolute Gasteiger partial charge is 0.147 e. The van der Waals surface area contributed by atoms with Gasteiger partial charge in [-0.05, 0) is 0 Å². The Morgan fingerprint density at radius 2 is 1.46 bits per heavy atom. The average molecular weight is 488 g/mol. The smallest absolute Gasteiger partial charge is 0.147 e. The number of hydrogen-bond donors (Lipinski definition) is 0. The van der Waals surface area contributed by atoms with Crippen LogP contribution in [0.5, 0.6) is 0 Å². The molecule has 2 aromatic carbocycles. The van der Waals surface area contributed by atoms with Crippen LogP contribution in [0.3, 0.4) is 0 Å². The molecule has 4 rings (SSSR count). The van der Waals surface area contributed by atoms with Gasteiger partial charge in [-0.3, -0.25) is 0 Å². The van der Waals surface area contributed by atoms with Gasteiger partial charge in [0.1, 0.15) is 0 Å². The third-order valence-electron chi connectivity index (χ3n) is 5.07. The zero-order valence-electron chi connectivity index (χ0n) is 16.0. The first kappa shape index (κ1) is 23.0. The first-order chi connectivity index (χ1) is 12.9. The van der Waals surface area contributed by atoms with Crippen LogP contribution in [0, 0.1) is 0 Å². The van der Waals surface area contributed by atoms with Gasteiger partial charge in [0.05, 0.1) is 0 Å². The zero-order chi connectivity index (χ0) is 17.8. The van der Waals surface area contributed by atoms with Crippen LogP contribution in [0.15, 0.2) is 105 Å². The summed E-state index contributed by atoms with van der Waals surface area (Å²) in [4.78, 5) is 0. The van der Waals surface area contributed by atoms with E-state index in [1.165, 1.54) is 22.3 Å². The van der Waals surface area contributed by atoms with E-state index in [9.17, 15) is 0 Å². The number of hydrogen-bond acceptors (Lipinski definition) is 0. The second kappa shape index (κ2) is 11.1. The molecule has 0 unspecified atom stereocenters. The van der Waals surface area contributed by atoms with Crippen molar-refractivity contribution in [1.82, 2.24) is 0 Å². The van der Waals surface area contributed by atoms with E-state index in [4.69, 9.17) is 0 Å². The zero-order valence-corrected chi connectivity index (χ0v) is 20.1. The van der Waals surface area contributed by atoms with E-state index < -0.39 is 22.8 Å². The first-order valence-corrected chi connectivity index (χ1v) is 11.9. The Balaban J connectivity index is 0.00000140. The second-order valence-electron chi connectivity index (χ2n) is 6.69. The molecule has 143 valence electrons. The minimum Gasteiger partial charge on any atom is -0.147 e. The quantitative estimate of drug-likeness (QED) is 0.423. The van der Waals surface area contributed by atoms with Gasteiger partial charge < -0.3 is 0 Å². The number of benzene rings is 2. The Labute approximate surface area is 192 Å². The van der Waals surface area contributed by atoms with Crippen LogP contribution in [-0.2, 0) is 22.8 Å². The van der Waals surface area contributed by atoms with Gasteiger partial charge in [-0.15, -0.1) is 24.8 Å². The maximum atomic E-state index is 2.49. The molecule has 0 aromatic heterocycles. The molecule has 0 amide bonds. The third-order valence-corrected chi connectivity index (χ3v) is 9.09. The Hall–Kier alpha value is -1.27. The van der Waals surface area contributed by atoms with Crippen LogP contribution in [0.4, 0.5) is 0 Å². The van der Waals surface area contributed by atoms with Crippen LogP contribution in [-0.4, -0.2) is 3.21 Å². The van der Waals surface area contributed by atoms with Gasteiger partial charge >= 0.3 is 168 Å². The average Bonchev–Trinajstić information content (AvgIpc) is 3.36. The van der Waals surface area contributed by atoms with E-state index in [1.807, 2.05) is 0 Å². The van der Waals surface area contributed by atoms with Crippen LogP contribution in [0.1, 0.15) is 37.3 Å². The molecular formula is C25H25Cl2Zr. The summed E-state index contributed by atoms with van der Waals surface area (Å²) in [5.41, 5.74) is 7.49. The van der Waals surface area contributed by atoms with Crippen molar-refractivity contribution in [3.8, 4) is 0 Å². The molecule has 0 radical (unpaired) electrons. The molecule has 28 heavy (non-hydrogen) atoms. The molecule has 0 spiro atoms. The summed E-state index contributed by atoms with van der Waals surface area (Å²) in [7, 11) is 0. The van der Waals surface area contributed by atoms with Crippen molar-refractivity contribution < 1.29 is 22.8 Å². The molecule has 2 aliphatic carbocycles. The monoisotopic (exact) mass is 485 g/mol. The summed E-state index contributed by atoms with van der Waals surface area (Å²) < 4.78 is 3.35. The van der Waals surface area contributed by atoms with E-state index in [0.29, 0.717) is 0 Å². The Bertz CT molecular complexity index is 907. The minimum absolute atomic E-state index is 0. The first-order valence-electron chi connectivity index (χ1n) is 9.40. The standard InChI is InChI=1S/C13H10.C12H13.2ClH.Zr/c1-3-7-12(8-4-1)11-13-9-5-2-6-10-13;1-2-10-8-5-9-12(10)11-6-3-4-7-11;;;/h1-10H;3-4,6,9H,2,5,7H2,1H3;2*1H;. The molecule has 0 saturated heterocycles. The fraction of sp³-hybridized carbons (Fsp3) is 0.160. The molecule has 3 heteroatoms. The summed E-state index contributed by atoms with van der Waals surface area (Å²) in [6.07, 6.45) is 12.7. The van der Waals surface area contributed by atoms with Gasteiger partial charge in [0.25, 0.3) is 0 Å². The predicted octanol–water partition coefficient (Wildman–Crippen LogP) is 7.06. The van der Waals surface area contributed by atoms with Crippen molar-refractivity contribution >= 4 is 28.0 Å². The summed E-state index contributed by atoms with van der Waals surface area (Å²) in [6.45, 7) is 2.32. The molecule has 0 atom stereocenters. The minimum atomic E-state index is -0.861. The fourth-order valence-corrected chi connectivity index (χ4v) is 7.70. The fourth-order valence-electron chi connectivity index (χ4n) is 3.79. The Morgan fingerprint density at radius 3 is 1.96 bits per heavy atom.